The molecular formula is C16H28O3. The van der Waals surface area contributed by atoms with Gasteiger partial charge in [0.05, 0.1) is 12.3 Å². The van der Waals surface area contributed by atoms with Crippen LogP contribution in [0.4, 0.5) is 0 Å². The molecule has 0 aromatic rings. The van der Waals surface area contributed by atoms with Gasteiger partial charge in [0.25, 0.3) is 0 Å². The van der Waals surface area contributed by atoms with Crippen LogP contribution in [0.5, 0.6) is 0 Å². The third kappa shape index (κ3) is 4.88. The number of carboxylic acids is 1. The summed E-state index contributed by atoms with van der Waals surface area (Å²) in [5.41, 5.74) is 0.656. The minimum Gasteiger partial charge on any atom is -0.515 e. The second-order valence-electron chi connectivity index (χ2n) is 6.82. The molecule has 3 unspecified atom stereocenters. The van der Waals surface area contributed by atoms with Gasteiger partial charge in [-0.25, -0.2) is 4.79 Å². The predicted octanol–water partition coefficient (Wildman–Crippen LogP) is 4.39. The minimum absolute atomic E-state index is 0.475. The van der Waals surface area contributed by atoms with E-state index >= 15 is 0 Å². The molecule has 2 fully saturated rings. The van der Waals surface area contributed by atoms with E-state index in [-0.39, 0.29) is 0 Å². The molecule has 2 aliphatic rings. The second kappa shape index (κ2) is 6.97. The van der Waals surface area contributed by atoms with E-state index in [0.29, 0.717) is 17.8 Å². The lowest BCUT2D eigenvalue weighted by molar-refractivity contribution is -0.131. The molecule has 19 heavy (non-hydrogen) atoms. The molecule has 0 bridgehead atoms. The Labute approximate surface area is 116 Å². The Morgan fingerprint density at radius 3 is 2.47 bits per heavy atom. The van der Waals surface area contributed by atoms with Crippen molar-refractivity contribution in [2.75, 3.05) is 0 Å². The molecule has 0 heterocycles. The van der Waals surface area contributed by atoms with Gasteiger partial charge in [0.2, 0.25) is 0 Å². The molecule has 3 heteroatoms. The van der Waals surface area contributed by atoms with Gasteiger partial charge in [-0.3, -0.25) is 0 Å². The Morgan fingerprint density at radius 1 is 1.26 bits per heavy atom. The lowest BCUT2D eigenvalue weighted by Gasteiger charge is -2.48. The number of aliphatic hydroxyl groups is 1. The van der Waals surface area contributed by atoms with Crippen LogP contribution >= 0.6 is 0 Å². The Bertz CT molecular complexity index is 320. The van der Waals surface area contributed by atoms with Gasteiger partial charge >= 0.3 is 5.97 Å². The van der Waals surface area contributed by atoms with Crippen LogP contribution in [0.1, 0.15) is 59.3 Å². The number of rotatable bonds is 1. The number of carboxylic acid groups (broad SMARTS) is 1. The zero-order valence-corrected chi connectivity index (χ0v) is 12.4. The van der Waals surface area contributed by atoms with Crippen LogP contribution in [0.3, 0.4) is 0 Å². The van der Waals surface area contributed by atoms with E-state index < -0.39 is 5.97 Å². The van der Waals surface area contributed by atoms with Gasteiger partial charge in [-0.05, 0) is 42.4 Å². The highest BCUT2D eigenvalue weighted by molar-refractivity contribution is 5.79. The van der Waals surface area contributed by atoms with Crippen molar-refractivity contribution in [3.05, 3.63) is 12.3 Å². The first-order valence-corrected chi connectivity index (χ1v) is 7.40. The molecule has 3 nitrogen and oxygen atoms in total. The van der Waals surface area contributed by atoms with E-state index in [4.69, 9.17) is 10.2 Å². The number of hydrogen-bond acceptors (Lipinski definition) is 2. The van der Waals surface area contributed by atoms with Gasteiger partial charge in [-0.2, -0.15) is 0 Å². The topological polar surface area (TPSA) is 57.5 Å². The monoisotopic (exact) mass is 268 g/mol. The zero-order valence-electron chi connectivity index (χ0n) is 12.4. The van der Waals surface area contributed by atoms with Crippen LogP contribution in [0.25, 0.3) is 0 Å². The number of hydrogen-bond donors (Lipinski definition) is 2. The normalized spacial score (nSPS) is 33.1. The summed E-state index contributed by atoms with van der Waals surface area (Å²) < 4.78 is 0. The molecular weight excluding hydrogens is 240 g/mol. The fraction of sp³-hybridized carbons (Fsp3) is 0.812. The average Bonchev–Trinajstić information content (AvgIpc) is 2.28. The van der Waals surface area contributed by atoms with E-state index in [1.807, 2.05) is 0 Å². The summed E-state index contributed by atoms with van der Waals surface area (Å²) in [6, 6.07) is 0. The number of fused-ring (bicyclic) bond motifs is 1. The van der Waals surface area contributed by atoms with Crippen LogP contribution in [0.2, 0.25) is 0 Å². The fourth-order valence-corrected chi connectivity index (χ4v) is 3.92. The van der Waals surface area contributed by atoms with Crippen molar-refractivity contribution in [3.8, 4) is 0 Å². The highest BCUT2D eigenvalue weighted by atomic mass is 16.4. The second-order valence-corrected chi connectivity index (χ2v) is 6.82. The van der Waals surface area contributed by atoms with Crippen molar-refractivity contribution in [3.63, 3.8) is 0 Å². The average molecular weight is 268 g/mol. The van der Waals surface area contributed by atoms with Crippen LogP contribution in [0, 0.1) is 23.2 Å². The lowest BCUT2D eigenvalue weighted by Crippen LogP contribution is -2.38. The van der Waals surface area contributed by atoms with Gasteiger partial charge in [0.15, 0.2) is 0 Å². The summed E-state index contributed by atoms with van der Waals surface area (Å²) >= 11 is 0. The highest BCUT2D eigenvalue weighted by Gasteiger charge is 2.41. The first-order valence-electron chi connectivity index (χ1n) is 7.40. The molecule has 2 N–H and O–H groups in total. The molecule has 2 aliphatic carbocycles. The van der Waals surface area contributed by atoms with Crippen LogP contribution in [-0.2, 0) is 4.79 Å². The van der Waals surface area contributed by atoms with E-state index in [1.165, 1.54) is 38.5 Å². The summed E-state index contributed by atoms with van der Waals surface area (Å²) in [5.74, 6) is 2.00. The minimum atomic E-state index is -1.14. The Hall–Kier alpha value is -0.990. The molecule has 0 aliphatic heterocycles. The van der Waals surface area contributed by atoms with Gasteiger partial charge < -0.3 is 10.2 Å². The van der Waals surface area contributed by atoms with Crippen molar-refractivity contribution < 1.29 is 15.0 Å². The maximum atomic E-state index is 9.35. The summed E-state index contributed by atoms with van der Waals surface area (Å²) in [6.45, 7) is 7.44. The molecule has 0 radical (unpaired) electrons. The predicted molar refractivity (Wildman–Crippen MR) is 77.0 cm³/mol. The first kappa shape index (κ1) is 16.1. The molecule has 0 amide bonds. The standard InChI is InChI=1S/C13H24.C3H4O3/c1-10-6-7-12-11(9-10)5-4-8-13(12,2)3;4-2-1-3(5)6/h10-12H,4-9H2,1-3H3;1-2,4H,(H,5,6)/b;2-1+. The zero-order chi connectivity index (χ0) is 14.5. The Kier molecular flexibility index (Phi) is 5.89. The van der Waals surface area contributed by atoms with Gasteiger partial charge in [-0.1, -0.05) is 40.0 Å². The number of carbonyl (C=O) groups is 1. The van der Waals surface area contributed by atoms with Crippen molar-refractivity contribution in [2.45, 2.75) is 59.3 Å². The van der Waals surface area contributed by atoms with Crippen LogP contribution < -0.4 is 0 Å². The van der Waals surface area contributed by atoms with Crippen LogP contribution in [-0.4, -0.2) is 16.2 Å². The molecule has 0 spiro atoms. The van der Waals surface area contributed by atoms with Crippen molar-refractivity contribution in [1.29, 1.82) is 0 Å². The van der Waals surface area contributed by atoms with E-state index in [9.17, 15) is 4.79 Å². The van der Waals surface area contributed by atoms with Gasteiger partial charge in [0, 0.05) is 0 Å². The largest absolute Gasteiger partial charge is 0.515 e. The quantitative estimate of drug-likeness (QED) is 0.547. The maximum absolute atomic E-state index is 9.35. The van der Waals surface area contributed by atoms with Crippen molar-refractivity contribution in [1.82, 2.24) is 0 Å². The first-order chi connectivity index (χ1) is 8.86. The smallest absolute Gasteiger partial charge is 0.331 e. The molecule has 2 saturated carbocycles. The summed E-state index contributed by atoms with van der Waals surface area (Å²) in [4.78, 5) is 9.35. The third-order valence-electron chi connectivity index (χ3n) is 4.86. The molecule has 0 saturated heterocycles. The third-order valence-corrected chi connectivity index (χ3v) is 4.86. The summed E-state index contributed by atoms with van der Waals surface area (Å²) in [5, 5.41) is 15.3. The summed E-state index contributed by atoms with van der Waals surface area (Å²) in [7, 11) is 0. The molecule has 0 aromatic carbocycles. The molecule has 3 atom stereocenters. The SMILES string of the molecule is CC1CCC2C(CCCC2(C)C)C1.O=C(O)/C=C/O. The van der Waals surface area contributed by atoms with E-state index in [2.05, 4.69) is 20.8 Å². The highest BCUT2D eigenvalue weighted by Crippen LogP contribution is 2.51. The fourth-order valence-electron chi connectivity index (χ4n) is 3.92. The Morgan fingerprint density at radius 2 is 1.95 bits per heavy atom. The number of aliphatic carboxylic acids is 1. The molecule has 2 rings (SSSR count). The lowest BCUT2D eigenvalue weighted by atomic mass is 9.57. The van der Waals surface area contributed by atoms with Crippen molar-refractivity contribution >= 4 is 5.97 Å². The Balaban J connectivity index is 0.000000258. The maximum Gasteiger partial charge on any atom is 0.331 e. The van der Waals surface area contributed by atoms with Crippen molar-refractivity contribution in [2.24, 2.45) is 23.2 Å². The molecule has 110 valence electrons. The summed E-state index contributed by atoms with van der Waals surface area (Å²) in [6.07, 6.45) is 10.1. The van der Waals surface area contributed by atoms with E-state index in [1.54, 1.807) is 0 Å². The van der Waals surface area contributed by atoms with E-state index in [0.717, 1.165) is 17.8 Å². The van der Waals surface area contributed by atoms with Crippen LogP contribution in [0.15, 0.2) is 12.3 Å². The van der Waals surface area contributed by atoms with Gasteiger partial charge in [-0.15, -0.1) is 0 Å². The van der Waals surface area contributed by atoms with Gasteiger partial charge in [0.1, 0.15) is 0 Å². The number of aliphatic hydroxyl groups excluding tert-OH is 1. The molecule has 0 aromatic heterocycles.